The van der Waals surface area contributed by atoms with Crippen LogP contribution in [0, 0.1) is 18.8 Å². The van der Waals surface area contributed by atoms with Gasteiger partial charge in [-0.3, -0.25) is 0 Å². The molecule has 1 fully saturated rings. The second-order valence-corrected chi connectivity index (χ2v) is 5.80. The van der Waals surface area contributed by atoms with Gasteiger partial charge in [-0.15, -0.1) is 0 Å². The number of anilines is 1. The molecule has 1 aliphatic rings. The van der Waals surface area contributed by atoms with Crippen LogP contribution < -0.4 is 5.32 Å². The van der Waals surface area contributed by atoms with Crippen molar-refractivity contribution in [3.63, 3.8) is 0 Å². The van der Waals surface area contributed by atoms with Crippen molar-refractivity contribution < 1.29 is 9.90 Å². The van der Waals surface area contributed by atoms with E-state index in [1.165, 1.54) is 25.7 Å². The summed E-state index contributed by atoms with van der Waals surface area (Å²) in [4.78, 5) is 11.1. The Hall–Kier alpha value is -1.51. The van der Waals surface area contributed by atoms with Crippen molar-refractivity contribution in [2.45, 2.75) is 39.5 Å². The molecule has 1 aromatic carbocycles. The highest BCUT2D eigenvalue weighted by atomic mass is 16.4. The molecule has 0 heterocycles. The maximum absolute atomic E-state index is 11.1. The second kappa shape index (κ2) is 6.09. The van der Waals surface area contributed by atoms with Gasteiger partial charge in [-0.2, -0.15) is 0 Å². The van der Waals surface area contributed by atoms with Gasteiger partial charge >= 0.3 is 5.97 Å². The summed E-state index contributed by atoms with van der Waals surface area (Å²) in [5, 5.41) is 12.5. The molecule has 0 aliphatic heterocycles. The molecule has 2 unspecified atom stereocenters. The largest absolute Gasteiger partial charge is 0.478 e. The van der Waals surface area contributed by atoms with Crippen molar-refractivity contribution >= 4 is 11.7 Å². The Kier molecular flexibility index (Phi) is 4.46. The van der Waals surface area contributed by atoms with E-state index >= 15 is 0 Å². The number of benzene rings is 1. The third-order valence-corrected chi connectivity index (χ3v) is 4.19. The molecule has 0 radical (unpaired) electrons. The smallest absolute Gasteiger partial charge is 0.336 e. The molecular formula is C16H23NO2. The van der Waals surface area contributed by atoms with Crippen LogP contribution in [0.3, 0.4) is 0 Å². The molecule has 0 spiro atoms. The number of hydrogen-bond donors (Lipinski definition) is 2. The fraction of sp³-hybridized carbons (Fsp3) is 0.562. The first-order valence-electron chi connectivity index (χ1n) is 7.14. The zero-order valence-electron chi connectivity index (χ0n) is 11.8. The van der Waals surface area contributed by atoms with Crippen molar-refractivity contribution in [2.24, 2.45) is 11.8 Å². The summed E-state index contributed by atoms with van der Waals surface area (Å²) in [6, 6.07) is 5.43. The molecule has 2 N–H and O–H groups in total. The SMILES string of the molecule is Cc1c(NCC2CCCC(C)C2)cccc1C(=O)O. The van der Waals surface area contributed by atoms with Crippen molar-refractivity contribution in [3.05, 3.63) is 29.3 Å². The fourth-order valence-corrected chi connectivity index (χ4v) is 3.06. The molecular weight excluding hydrogens is 238 g/mol. The van der Waals surface area contributed by atoms with Crippen LogP contribution in [0.4, 0.5) is 5.69 Å². The van der Waals surface area contributed by atoms with E-state index in [0.29, 0.717) is 5.56 Å². The van der Waals surface area contributed by atoms with Crippen LogP contribution in [0.1, 0.15) is 48.5 Å². The highest BCUT2D eigenvalue weighted by Gasteiger charge is 2.19. The van der Waals surface area contributed by atoms with Gasteiger partial charge in [-0.1, -0.05) is 25.8 Å². The van der Waals surface area contributed by atoms with Gasteiger partial charge in [-0.05, 0) is 49.3 Å². The number of aromatic carboxylic acids is 1. The summed E-state index contributed by atoms with van der Waals surface area (Å²) in [6.45, 7) is 5.14. The molecule has 2 rings (SSSR count). The number of rotatable bonds is 4. The highest BCUT2D eigenvalue weighted by Crippen LogP contribution is 2.29. The molecule has 19 heavy (non-hydrogen) atoms. The number of carboxylic acid groups (broad SMARTS) is 1. The summed E-state index contributed by atoms with van der Waals surface area (Å²) in [6.07, 6.45) is 5.24. The molecule has 3 nitrogen and oxygen atoms in total. The summed E-state index contributed by atoms with van der Waals surface area (Å²) in [7, 11) is 0. The molecule has 104 valence electrons. The van der Waals surface area contributed by atoms with Crippen LogP contribution in [0.25, 0.3) is 0 Å². The average Bonchev–Trinajstić information content (AvgIpc) is 2.37. The lowest BCUT2D eigenvalue weighted by Gasteiger charge is -2.27. The predicted octanol–water partition coefficient (Wildman–Crippen LogP) is 3.93. The monoisotopic (exact) mass is 261 g/mol. The van der Waals surface area contributed by atoms with E-state index in [1.54, 1.807) is 6.07 Å². The van der Waals surface area contributed by atoms with Crippen molar-refractivity contribution in [1.82, 2.24) is 0 Å². The molecule has 3 heteroatoms. The van der Waals surface area contributed by atoms with Crippen LogP contribution in [-0.2, 0) is 0 Å². The third-order valence-electron chi connectivity index (χ3n) is 4.19. The quantitative estimate of drug-likeness (QED) is 0.863. The molecule has 0 bridgehead atoms. The number of carbonyl (C=O) groups is 1. The van der Waals surface area contributed by atoms with Crippen molar-refractivity contribution in [1.29, 1.82) is 0 Å². The van der Waals surface area contributed by atoms with Gasteiger partial charge in [0.15, 0.2) is 0 Å². The minimum atomic E-state index is -0.854. The second-order valence-electron chi connectivity index (χ2n) is 5.80. The summed E-state index contributed by atoms with van der Waals surface area (Å²) in [5.74, 6) is 0.691. The Morgan fingerprint density at radius 1 is 1.42 bits per heavy atom. The van der Waals surface area contributed by atoms with Crippen LogP contribution in [0.2, 0.25) is 0 Å². The molecule has 2 atom stereocenters. The molecule has 0 aromatic heterocycles. The maximum Gasteiger partial charge on any atom is 0.336 e. The lowest BCUT2D eigenvalue weighted by atomic mass is 9.82. The molecule has 0 saturated heterocycles. The van der Waals surface area contributed by atoms with Gasteiger partial charge in [0.1, 0.15) is 0 Å². The number of hydrogen-bond acceptors (Lipinski definition) is 2. The molecule has 1 aromatic rings. The first-order valence-corrected chi connectivity index (χ1v) is 7.14. The van der Waals surface area contributed by atoms with E-state index in [9.17, 15) is 4.79 Å². The lowest BCUT2D eigenvalue weighted by molar-refractivity contribution is 0.0696. The topological polar surface area (TPSA) is 49.3 Å². The van der Waals surface area contributed by atoms with Gasteiger partial charge in [0.25, 0.3) is 0 Å². The van der Waals surface area contributed by atoms with Crippen LogP contribution in [0.5, 0.6) is 0 Å². The summed E-state index contributed by atoms with van der Waals surface area (Å²) >= 11 is 0. The predicted molar refractivity (Wildman–Crippen MR) is 77.8 cm³/mol. The maximum atomic E-state index is 11.1. The normalized spacial score (nSPS) is 23.1. The zero-order valence-corrected chi connectivity index (χ0v) is 11.8. The number of carboxylic acids is 1. The van der Waals surface area contributed by atoms with Gasteiger partial charge in [0, 0.05) is 12.2 Å². The molecule has 0 amide bonds. The van der Waals surface area contributed by atoms with E-state index in [-0.39, 0.29) is 0 Å². The Morgan fingerprint density at radius 2 is 2.21 bits per heavy atom. The average molecular weight is 261 g/mol. The van der Waals surface area contributed by atoms with Gasteiger partial charge in [0.2, 0.25) is 0 Å². The highest BCUT2D eigenvalue weighted by molar-refractivity contribution is 5.91. The number of nitrogens with one attached hydrogen (secondary N) is 1. The summed E-state index contributed by atoms with van der Waals surface area (Å²) < 4.78 is 0. The molecule has 1 aliphatic carbocycles. The lowest BCUT2D eigenvalue weighted by Crippen LogP contribution is -2.21. The van der Waals surface area contributed by atoms with E-state index in [4.69, 9.17) is 5.11 Å². The minimum Gasteiger partial charge on any atom is -0.478 e. The van der Waals surface area contributed by atoms with Crippen molar-refractivity contribution in [3.8, 4) is 0 Å². The Balaban J connectivity index is 1.99. The fourth-order valence-electron chi connectivity index (χ4n) is 3.06. The first-order chi connectivity index (χ1) is 9.08. The molecule has 1 saturated carbocycles. The minimum absolute atomic E-state index is 0.391. The zero-order chi connectivity index (χ0) is 13.8. The van der Waals surface area contributed by atoms with Crippen LogP contribution in [0.15, 0.2) is 18.2 Å². The van der Waals surface area contributed by atoms with Gasteiger partial charge < -0.3 is 10.4 Å². The van der Waals surface area contributed by atoms with Crippen LogP contribution in [-0.4, -0.2) is 17.6 Å². The third kappa shape index (κ3) is 3.49. The Bertz CT molecular complexity index is 456. The van der Waals surface area contributed by atoms with E-state index in [1.807, 2.05) is 19.1 Å². The van der Waals surface area contributed by atoms with Crippen LogP contribution >= 0.6 is 0 Å². The van der Waals surface area contributed by atoms with E-state index in [0.717, 1.165) is 29.6 Å². The van der Waals surface area contributed by atoms with E-state index in [2.05, 4.69) is 12.2 Å². The van der Waals surface area contributed by atoms with Gasteiger partial charge in [0.05, 0.1) is 5.56 Å². The standard InChI is InChI=1S/C16H23NO2/c1-11-5-3-6-13(9-11)10-17-15-8-4-7-14(12(15)2)16(18)19/h4,7-8,11,13,17H,3,5-6,9-10H2,1-2H3,(H,18,19). The van der Waals surface area contributed by atoms with Gasteiger partial charge in [-0.25, -0.2) is 4.79 Å². The van der Waals surface area contributed by atoms with E-state index < -0.39 is 5.97 Å². The first kappa shape index (κ1) is 13.9. The Morgan fingerprint density at radius 3 is 2.89 bits per heavy atom. The van der Waals surface area contributed by atoms with Crippen molar-refractivity contribution in [2.75, 3.05) is 11.9 Å². The summed E-state index contributed by atoms with van der Waals surface area (Å²) in [5.41, 5.74) is 2.18. The Labute approximate surface area is 115 Å².